The first-order chi connectivity index (χ1) is 6.54. The van der Waals surface area contributed by atoms with Crippen molar-refractivity contribution in [1.29, 1.82) is 5.26 Å². The van der Waals surface area contributed by atoms with Crippen molar-refractivity contribution in [2.24, 2.45) is 10.9 Å². The van der Waals surface area contributed by atoms with E-state index < -0.39 is 0 Å². The number of nitrogens with zero attached hydrogens (tertiary/aromatic N) is 2. The number of aliphatic imine (C=N–C) groups is 1. The lowest BCUT2D eigenvalue weighted by Gasteiger charge is -2.12. The van der Waals surface area contributed by atoms with Gasteiger partial charge in [-0.05, 0) is 38.8 Å². The van der Waals surface area contributed by atoms with Crippen LogP contribution in [0.2, 0.25) is 0 Å². The second-order valence-corrected chi connectivity index (χ2v) is 4.75. The van der Waals surface area contributed by atoms with Gasteiger partial charge in [0.05, 0.1) is 6.07 Å². The monoisotopic (exact) mass is 318 g/mol. The fraction of sp³-hybridized carbons (Fsp3) is 0.400. The number of allylic oxidation sites excluding steroid dienone is 2. The van der Waals surface area contributed by atoms with Gasteiger partial charge in [-0.1, -0.05) is 29.4 Å². The van der Waals surface area contributed by atoms with E-state index in [1.165, 1.54) is 6.20 Å². The smallest absolute Gasteiger partial charge is 0.110 e. The zero-order valence-electron chi connectivity index (χ0n) is 8.22. The van der Waals surface area contributed by atoms with E-state index in [1.807, 2.05) is 13.8 Å². The van der Waals surface area contributed by atoms with Gasteiger partial charge >= 0.3 is 0 Å². The number of halogens is 2. The molecule has 0 saturated carbocycles. The van der Waals surface area contributed by atoms with Gasteiger partial charge in [0.1, 0.15) is 4.62 Å². The largest absolute Gasteiger partial charge is 0.250 e. The lowest BCUT2D eigenvalue weighted by Crippen LogP contribution is -2.06. The molecular formula is C10H12Br2N2. The van der Waals surface area contributed by atoms with Crippen molar-refractivity contribution in [2.45, 2.75) is 20.3 Å². The fourth-order valence-electron chi connectivity index (χ4n) is 1.07. The molecule has 0 aromatic carbocycles. The lowest BCUT2D eigenvalue weighted by molar-refractivity contribution is 0.729. The van der Waals surface area contributed by atoms with Gasteiger partial charge in [-0.25, -0.2) is 4.99 Å². The topological polar surface area (TPSA) is 36.1 Å². The zero-order valence-corrected chi connectivity index (χ0v) is 11.4. The Kier molecular flexibility index (Phi) is 6.77. The summed E-state index contributed by atoms with van der Waals surface area (Å²) >= 11 is 6.76. The van der Waals surface area contributed by atoms with E-state index in [-0.39, 0.29) is 5.92 Å². The van der Waals surface area contributed by atoms with Crippen LogP contribution in [0.4, 0.5) is 0 Å². The van der Waals surface area contributed by atoms with Crippen LogP contribution in [0.3, 0.4) is 0 Å². The molecule has 0 aromatic rings. The fourth-order valence-corrected chi connectivity index (χ4v) is 2.75. The molecule has 0 aliphatic heterocycles. The maximum absolute atomic E-state index is 8.62. The van der Waals surface area contributed by atoms with Crippen LogP contribution in [0.25, 0.3) is 0 Å². The molecule has 0 N–H and O–H groups in total. The molecular weight excluding hydrogens is 308 g/mol. The highest BCUT2D eigenvalue weighted by atomic mass is 79.9. The van der Waals surface area contributed by atoms with Crippen LogP contribution >= 0.6 is 31.9 Å². The molecule has 0 saturated heterocycles. The molecule has 0 fully saturated rings. The summed E-state index contributed by atoms with van der Waals surface area (Å²) in [5.74, 6) is 0.150. The van der Waals surface area contributed by atoms with Crippen molar-refractivity contribution in [1.82, 2.24) is 0 Å². The Morgan fingerprint density at radius 1 is 1.64 bits per heavy atom. The molecule has 0 bridgehead atoms. The standard InChI is InChI=1S/C10H12Br2N2/c1-4-14-10(12)9(8(3)11)7(2)5-6-13/h4,7H,1,5H2,2-3H3/b9-8+,14-10?/t7-/m1/s1. The molecule has 0 spiro atoms. The van der Waals surface area contributed by atoms with Crippen LogP contribution in [-0.2, 0) is 0 Å². The summed E-state index contributed by atoms with van der Waals surface area (Å²) in [7, 11) is 0. The number of hydrogen-bond acceptors (Lipinski definition) is 2. The molecule has 0 aliphatic carbocycles. The second kappa shape index (κ2) is 6.97. The summed E-state index contributed by atoms with van der Waals surface area (Å²) < 4.78 is 1.71. The van der Waals surface area contributed by atoms with Crippen molar-refractivity contribution < 1.29 is 0 Å². The van der Waals surface area contributed by atoms with E-state index in [9.17, 15) is 0 Å². The molecule has 0 aromatic heterocycles. The molecule has 0 rings (SSSR count). The Labute approximate surface area is 102 Å². The average molecular weight is 320 g/mol. The number of hydrogen-bond donors (Lipinski definition) is 0. The summed E-state index contributed by atoms with van der Waals surface area (Å²) in [4.78, 5) is 4.05. The Hall–Kier alpha value is -0.400. The van der Waals surface area contributed by atoms with E-state index in [2.05, 4.69) is 49.5 Å². The lowest BCUT2D eigenvalue weighted by atomic mass is 9.99. The summed E-state index contributed by atoms with van der Waals surface area (Å²) in [5, 5.41) is 8.62. The minimum Gasteiger partial charge on any atom is -0.250 e. The SMILES string of the molecule is C=CN=C(Br)/C(=C(\C)Br)[C@H](C)CC#N. The van der Waals surface area contributed by atoms with Gasteiger partial charge in [0.25, 0.3) is 0 Å². The molecule has 4 heteroatoms. The van der Waals surface area contributed by atoms with Gasteiger partial charge in [0.15, 0.2) is 0 Å². The highest BCUT2D eigenvalue weighted by Gasteiger charge is 2.14. The van der Waals surface area contributed by atoms with Crippen molar-refractivity contribution in [3.63, 3.8) is 0 Å². The second-order valence-electron chi connectivity index (χ2n) is 2.81. The van der Waals surface area contributed by atoms with E-state index in [1.54, 1.807) is 0 Å². The minimum atomic E-state index is 0.150. The molecule has 0 unspecified atom stereocenters. The third-order valence-corrected chi connectivity index (χ3v) is 2.75. The van der Waals surface area contributed by atoms with Crippen molar-refractivity contribution in [3.8, 4) is 6.07 Å². The number of nitriles is 1. The summed E-state index contributed by atoms with van der Waals surface area (Å²) in [5.41, 5.74) is 1.01. The van der Waals surface area contributed by atoms with Crippen molar-refractivity contribution in [2.75, 3.05) is 0 Å². The molecule has 2 nitrogen and oxygen atoms in total. The van der Waals surface area contributed by atoms with Gasteiger partial charge < -0.3 is 0 Å². The van der Waals surface area contributed by atoms with Crippen LogP contribution in [0.15, 0.2) is 27.8 Å². The molecule has 0 amide bonds. The minimum absolute atomic E-state index is 0.150. The first kappa shape index (κ1) is 13.6. The average Bonchev–Trinajstić information content (AvgIpc) is 2.04. The molecule has 0 heterocycles. The Balaban J connectivity index is 5.00. The van der Waals surface area contributed by atoms with Gasteiger partial charge in [0, 0.05) is 12.6 Å². The summed E-state index contributed by atoms with van der Waals surface area (Å²) in [6.45, 7) is 7.45. The van der Waals surface area contributed by atoms with Crippen LogP contribution in [-0.4, -0.2) is 4.62 Å². The Bertz CT molecular complexity index is 307. The maximum atomic E-state index is 8.62. The Morgan fingerprint density at radius 2 is 2.21 bits per heavy atom. The predicted molar refractivity (Wildman–Crippen MR) is 67.6 cm³/mol. The van der Waals surface area contributed by atoms with Gasteiger partial charge in [-0.15, -0.1) is 0 Å². The predicted octanol–water partition coefficient (Wildman–Crippen LogP) is 4.14. The highest BCUT2D eigenvalue weighted by Crippen LogP contribution is 2.25. The third kappa shape index (κ3) is 4.21. The first-order valence-electron chi connectivity index (χ1n) is 4.12. The summed E-state index contributed by atoms with van der Waals surface area (Å²) in [6.07, 6.45) is 1.94. The van der Waals surface area contributed by atoms with Crippen LogP contribution in [0.5, 0.6) is 0 Å². The molecule has 14 heavy (non-hydrogen) atoms. The first-order valence-corrected chi connectivity index (χ1v) is 5.71. The normalized spacial score (nSPS) is 15.5. The van der Waals surface area contributed by atoms with Gasteiger partial charge in [-0.3, -0.25) is 0 Å². The maximum Gasteiger partial charge on any atom is 0.110 e. The van der Waals surface area contributed by atoms with E-state index in [0.29, 0.717) is 6.42 Å². The zero-order chi connectivity index (χ0) is 11.1. The molecule has 76 valence electrons. The van der Waals surface area contributed by atoms with E-state index in [0.717, 1.165) is 14.7 Å². The third-order valence-electron chi connectivity index (χ3n) is 1.69. The van der Waals surface area contributed by atoms with Crippen molar-refractivity contribution in [3.05, 3.63) is 22.8 Å². The molecule has 0 aliphatic rings. The van der Waals surface area contributed by atoms with Crippen LogP contribution in [0.1, 0.15) is 20.3 Å². The highest BCUT2D eigenvalue weighted by molar-refractivity contribution is 9.18. The van der Waals surface area contributed by atoms with Crippen LogP contribution < -0.4 is 0 Å². The van der Waals surface area contributed by atoms with Gasteiger partial charge in [-0.2, -0.15) is 5.26 Å². The van der Waals surface area contributed by atoms with Gasteiger partial charge in [0.2, 0.25) is 0 Å². The summed E-state index contributed by atoms with van der Waals surface area (Å²) in [6, 6.07) is 2.14. The van der Waals surface area contributed by atoms with Crippen molar-refractivity contribution >= 4 is 36.5 Å². The Morgan fingerprint density at radius 3 is 2.57 bits per heavy atom. The molecule has 1 atom stereocenters. The van der Waals surface area contributed by atoms with E-state index in [4.69, 9.17) is 5.26 Å². The quantitative estimate of drug-likeness (QED) is 0.717. The van der Waals surface area contributed by atoms with Crippen LogP contribution in [0, 0.1) is 17.2 Å². The van der Waals surface area contributed by atoms with E-state index >= 15 is 0 Å². The number of rotatable bonds is 4. The molecule has 0 radical (unpaired) electrons.